The molecule has 1 aliphatic heterocycles. The second kappa shape index (κ2) is 9.36. The number of hydrogen-bond acceptors (Lipinski definition) is 3. The molecule has 5 nitrogen and oxygen atoms in total. The highest BCUT2D eigenvalue weighted by molar-refractivity contribution is 5.99. The summed E-state index contributed by atoms with van der Waals surface area (Å²) in [5.74, 6) is -0.0886. The van der Waals surface area contributed by atoms with E-state index in [0.29, 0.717) is 31.1 Å². The van der Waals surface area contributed by atoms with Crippen molar-refractivity contribution in [2.75, 3.05) is 19.6 Å². The minimum absolute atomic E-state index is 0.0352. The lowest BCUT2D eigenvalue weighted by atomic mass is 9.97. The first-order chi connectivity index (χ1) is 13.1. The summed E-state index contributed by atoms with van der Waals surface area (Å²) < 4.78 is 0. The Morgan fingerprint density at radius 2 is 1.74 bits per heavy atom. The van der Waals surface area contributed by atoms with Crippen LogP contribution < -0.4 is 10.6 Å². The van der Waals surface area contributed by atoms with E-state index in [2.05, 4.69) is 10.6 Å². The van der Waals surface area contributed by atoms with Crippen LogP contribution in [0.3, 0.4) is 0 Å². The molecule has 1 atom stereocenters. The molecule has 0 aromatic heterocycles. The van der Waals surface area contributed by atoms with E-state index in [0.717, 1.165) is 13.0 Å². The van der Waals surface area contributed by atoms with Crippen LogP contribution >= 0.6 is 0 Å². The van der Waals surface area contributed by atoms with Gasteiger partial charge in [0.2, 0.25) is 5.91 Å². The summed E-state index contributed by atoms with van der Waals surface area (Å²) >= 11 is 0. The summed E-state index contributed by atoms with van der Waals surface area (Å²) in [5, 5.41) is 6.65. The van der Waals surface area contributed by atoms with Crippen LogP contribution in [0.15, 0.2) is 30.3 Å². The largest absolute Gasteiger partial charge is 0.353 e. The van der Waals surface area contributed by atoms with Crippen molar-refractivity contribution in [3.63, 3.8) is 0 Å². The van der Waals surface area contributed by atoms with E-state index in [1.54, 1.807) is 4.90 Å². The topological polar surface area (TPSA) is 61.4 Å². The molecule has 1 saturated carbocycles. The summed E-state index contributed by atoms with van der Waals surface area (Å²) in [4.78, 5) is 27.5. The fraction of sp³-hybridized carbons (Fsp3) is 0.636. The third-order valence-corrected chi connectivity index (χ3v) is 6.09. The fourth-order valence-electron chi connectivity index (χ4n) is 4.39. The standard InChI is InChI=1S/C22H33N3O2/c1-22(14-9-17-25(22)20(26)18-10-5-4-6-11-18)21(27)24-16-15-23-19-12-7-2-3-8-13-19/h4-6,10-11,19,23H,2-3,7-9,12-17H2,1H3,(H,24,27). The Morgan fingerprint density at radius 1 is 1.04 bits per heavy atom. The average Bonchev–Trinajstić information content (AvgIpc) is 2.91. The van der Waals surface area contributed by atoms with Gasteiger partial charge in [0.25, 0.3) is 5.91 Å². The van der Waals surface area contributed by atoms with Gasteiger partial charge in [0.15, 0.2) is 0 Å². The molecule has 5 heteroatoms. The maximum Gasteiger partial charge on any atom is 0.254 e. The molecule has 1 aromatic rings. The van der Waals surface area contributed by atoms with E-state index < -0.39 is 5.54 Å². The molecule has 1 unspecified atom stereocenters. The number of amides is 2. The molecule has 3 rings (SSSR count). The van der Waals surface area contributed by atoms with Crippen LogP contribution in [-0.2, 0) is 4.79 Å². The van der Waals surface area contributed by atoms with Crippen molar-refractivity contribution in [3.05, 3.63) is 35.9 Å². The van der Waals surface area contributed by atoms with Gasteiger partial charge in [-0.3, -0.25) is 9.59 Å². The number of nitrogens with one attached hydrogen (secondary N) is 2. The van der Waals surface area contributed by atoms with Crippen LogP contribution in [0, 0.1) is 0 Å². The Balaban J connectivity index is 1.50. The zero-order chi connectivity index (χ0) is 19.1. The van der Waals surface area contributed by atoms with Gasteiger partial charge in [-0.05, 0) is 44.7 Å². The summed E-state index contributed by atoms with van der Waals surface area (Å²) in [7, 11) is 0. The van der Waals surface area contributed by atoms with Crippen molar-refractivity contribution >= 4 is 11.8 Å². The number of carbonyl (C=O) groups excluding carboxylic acids is 2. The van der Waals surface area contributed by atoms with Gasteiger partial charge in [0.1, 0.15) is 5.54 Å². The molecule has 1 aliphatic carbocycles. The predicted octanol–water partition coefficient (Wildman–Crippen LogP) is 3.11. The van der Waals surface area contributed by atoms with Crippen LogP contribution in [0.2, 0.25) is 0 Å². The molecule has 0 spiro atoms. The number of likely N-dealkylation sites (tertiary alicyclic amines) is 1. The maximum atomic E-state index is 12.9. The molecular formula is C22H33N3O2. The quantitative estimate of drug-likeness (QED) is 0.597. The van der Waals surface area contributed by atoms with Gasteiger partial charge < -0.3 is 15.5 Å². The molecule has 0 bridgehead atoms. The van der Waals surface area contributed by atoms with Crippen molar-refractivity contribution in [2.24, 2.45) is 0 Å². The lowest BCUT2D eigenvalue weighted by Crippen LogP contribution is -2.56. The number of carbonyl (C=O) groups is 2. The van der Waals surface area contributed by atoms with Gasteiger partial charge in [-0.15, -0.1) is 0 Å². The Bertz CT molecular complexity index is 626. The predicted molar refractivity (Wildman–Crippen MR) is 108 cm³/mol. The zero-order valence-electron chi connectivity index (χ0n) is 16.5. The second-order valence-corrected chi connectivity index (χ2v) is 8.10. The second-order valence-electron chi connectivity index (χ2n) is 8.10. The van der Waals surface area contributed by atoms with E-state index in [1.165, 1.54) is 38.5 Å². The first-order valence-corrected chi connectivity index (χ1v) is 10.5. The molecule has 148 valence electrons. The van der Waals surface area contributed by atoms with Gasteiger partial charge >= 0.3 is 0 Å². The Morgan fingerprint density at radius 3 is 2.44 bits per heavy atom. The summed E-state index contributed by atoms with van der Waals surface area (Å²) in [6, 6.07) is 9.83. The first kappa shape index (κ1) is 19.9. The highest BCUT2D eigenvalue weighted by atomic mass is 16.2. The molecule has 2 amide bonds. The smallest absolute Gasteiger partial charge is 0.254 e. The normalized spacial score (nSPS) is 23.8. The SMILES string of the molecule is CC1(C(=O)NCCNC2CCCCCC2)CCCN1C(=O)c1ccccc1. The van der Waals surface area contributed by atoms with Crippen molar-refractivity contribution in [3.8, 4) is 0 Å². The maximum absolute atomic E-state index is 12.9. The number of hydrogen-bond donors (Lipinski definition) is 2. The van der Waals surface area contributed by atoms with E-state index in [-0.39, 0.29) is 11.8 Å². The molecular weight excluding hydrogens is 338 g/mol. The van der Waals surface area contributed by atoms with Crippen molar-refractivity contribution in [1.29, 1.82) is 0 Å². The van der Waals surface area contributed by atoms with Crippen LogP contribution in [0.25, 0.3) is 0 Å². The fourth-order valence-corrected chi connectivity index (χ4v) is 4.39. The Labute approximate surface area is 162 Å². The van der Waals surface area contributed by atoms with E-state index in [4.69, 9.17) is 0 Å². The number of nitrogens with zero attached hydrogens (tertiary/aromatic N) is 1. The van der Waals surface area contributed by atoms with Gasteiger partial charge in [-0.25, -0.2) is 0 Å². The molecule has 27 heavy (non-hydrogen) atoms. The van der Waals surface area contributed by atoms with Crippen LogP contribution in [0.4, 0.5) is 0 Å². The molecule has 1 aromatic carbocycles. The molecule has 2 N–H and O–H groups in total. The third-order valence-electron chi connectivity index (χ3n) is 6.09. The third kappa shape index (κ3) is 4.89. The van der Waals surface area contributed by atoms with Crippen molar-refractivity contribution in [1.82, 2.24) is 15.5 Å². The zero-order valence-corrected chi connectivity index (χ0v) is 16.5. The summed E-state index contributed by atoms with van der Waals surface area (Å²) in [6.45, 7) is 3.93. The van der Waals surface area contributed by atoms with Gasteiger partial charge in [0.05, 0.1) is 0 Å². The molecule has 1 heterocycles. The van der Waals surface area contributed by atoms with Crippen LogP contribution in [-0.4, -0.2) is 47.9 Å². The van der Waals surface area contributed by atoms with E-state index in [1.807, 2.05) is 37.3 Å². The first-order valence-electron chi connectivity index (χ1n) is 10.5. The lowest BCUT2D eigenvalue weighted by Gasteiger charge is -2.34. The number of rotatable bonds is 6. The molecule has 1 saturated heterocycles. The summed E-state index contributed by atoms with van der Waals surface area (Å²) in [5.41, 5.74) is -0.108. The minimum atomic E-state index is -0.755. The van der Waals surface area contributed by atoms with Crippen molar-refractivity contribution < 1.29 is 9.59 Å². The average molecular weight is 372 g/mol. The van der Waals surface area contributed by atoms with E-state index >= 15 is 0 Å². The monoisotopic (exact) mass is 371 g/mol. The minimum Gasteiger partial charge on any atom is -0.353 e. The Hall–Kier alpha value is -1.88. The van der Waals surface area contributed by atoms with Gasteiger partial charge in [0, 0.05) is 31.2 Å². The highest BCUT2D eigenvalue weighted by Gasteiger charge is 2.45. The number of benzene rings is 1. The summed E-state index contributed by atoms with van der Waals surface area (Å²) in [6.07, 6.45) is 9.36. The molecule has 2 aliphatic rings. The highest BCUT2D eigenvalue weighted by Crippen LogP contribution is 2.30. The Kier molecular flexibility index (Phi) is 6.89. The van der Waals surface area contributed by atoms with Gasteiger partial charge in [-0.1, -0.05) is 43.9 Å². The molecule has 0 radical (unpaired) electrons. The van der Waals surface area contributed by atoms with Crippen LogP contribution in [0.1, 0.15) is 68.6 Å². The lowest BCUT2D eigenvalue weighted by molar-refractivity contribution is -0.129. The van der Waals surface area contributed by atoms with Crippen molar-refractivity contribution in [2.45, 2.75) is 69.9 Å². The molecule has 2 fully saturated rings. The van der Waals surface area contributed by atoms with Crippen LogP contribution in [0.5, 0.6) is 0 Å². The van der Waals surface area contributed by atoms with Gasteiger partial charge in [-0.2, -0.15) is 0 Å². The van der Waals surface area contributed by atoms with E-state index in [9.17, 15) is 9.59 Å².